The maximum absolute atomic E-state index is 4.96. The molecule has 5 heteroatoms. The van der Waals surface area contributed by atoms with Crippen LogP contribution in [0.25, 0.3) is 66.8 Å². The third-order valence-corrected chi connectivity index (χ3v) is 8.30. The standard InChI is InChI=1S/C37H25N5/c1-3-13-26(14-4-1)39-24-23-38-37(39)42-33-22-12-9-19-30(33)35-29-18-8-11-21-32(29)41(36(35)42)34-25-40(27-15-5-2-6-16-27)31-20-10-7-17-28(31)34/h1-25H. The highest BCUT2D eigenvalue weighted by Gasteiger charge is 2.25. The van der Waals surface area contributed by atoms with E-state index in [4.69, 9.17) is 4.98 Å². The van der Waals surface area contributed by atoms with Crippen LogP contribution in [0.4, 0.5) is 0 Å². The van der Waals surface area contributed by atoms with E-state index in [1.165, 1.54) is 21.5 Å². The van der Waals surface area contributed by atoms with Gasteiger partial charge in [-0.25, -0.2) is 4.98 Å². The first kappa shape index (κ1) is 22.9. The van der Waals surface area contributed by atoms with Crippen molar-refractivity contribution in [1.82, 2.24) is 23.3 Å². The van der Waals surface area contributed by atoms with Gasteiger partial charge in [-0.2, -0.15) is 0 Å². The van der Waals surface area contributed by atoms with Crippen LogP contribution < -0.4 is 0 Å². The topological polar surface area (TPSA) is 32.6 Å². The lowest BCUT2D eigenvalue weighted by molar-refractivity contribution is 0.918. The van der Waals surface area contributed by atoms with Crippen molar-refractivity contribution in [3.63, 3.8) is 0 Å². The van der Waals surface area contributed by atoms with Crippen LogP contribution in [0, 0.1) is 0 Å². The van der Waals surface area contributed by atoms with E-state index < -0.39 is 0 Å². The van der Waals surface area contributed by atoms with Crippen molar-refractivity contribution in [2.45, 2.75) is 0 Å². The van der Waals surface area contributed by atoms with E-state index in [1.807, 2.05) is 18.5 Å². The van der Waals surface area contributed by atoms with Crippen LogP contribution in [-0.2, 0) is 0 Å². The summed E-state index contributed by atoms with van der Waals surface area (Å²) in [6.45, 7) is 0. The first-order chi connectivity index (χ1) is 20.9. The molecule has 42 heavy (non-hydrogen) atoms. The highest BCUT2D eigenvalue weighted by Crippen LogP contribution is 2.42. The van der Waals surface area contributed by atoms with E-state index in [0.717, 1.165) is 45.2 Å². The Morgan fingerprint density at radius 3 is 1.64 bits per heavy atom. The highest BCUT2D eigenvalue weighted by atomic mass is 15.3. The summed E-state index contributed by atoms with van der Waals surface area (Å²) in [5.41, 5.74) is 7.87. The minimum Gasteiger partial charge on any atom is -0.314 e. The molecule has 5 aromatic carbocycles. The Kier molecular flexibility index (Phi) is 4.83. The van der Waals surface area contributed by atoms with Gasteiger partial charge in [0.25, 0.3) is 0 Å². The Morgan fingerprint density at radius 2 is 0.976 bits per heavy atom. The molecule has 0 saturated carbocycles. The molecule has 0 radical (unpaired) electrons. The molecule has 0 saturated heterocycles. The van der Waals surface area contributed by atoms with Crippen LogP contribution in [0.1, 0.15) is 0 Å². The average molecular weight is 540 g/mol. The highest BCUT2D eigenvalue weighted by molar-refractivity contribution is 6.22. The van der Waals surface area contributed by atoms with Gasteiger partial charge in [0.1, 0.15) is 5.65 Å². The smallest absolute Gasteiger partial charge is 0.220 e. The van der Waals surface area contributed by atoms with Crippen molar-refractivity contribution in [2.24, 2.45) is 0 Å². The molecule has 198 valence electrons. The van der Waals surface area contributed by atoms with Gasteiger partial charge in [0, 0.05) is 51.5 Å². The van der Waals surface area contributed by atoms with Crippen LogP contribution >= 0.6 is 0 Å². The van der Waals surface area contributed by atoms with Crippen LogP contribution in [0.15, 0.2) is 152 Å². The van der Waals surface area contributed by atoms with Crippen LogP contribution in [0.5, 0.6) is 0 Å². The van der Waals surface area contributed by atoms with Crippen molar-refractivity contribution in [3.05, 3.63) is 152 Å². The maximum atomic E-state index is 4.96. The van der Waals surface area contributed by atoms with E-state index >= 15 is 0 Å². The first-order valence-corrected chi connectivity index (χ1v) is 14.2. The molecule has 0 atom stereocenters. The second-order valence-electron chi connectivity index (χ2n) is 10.6. The monoisotopic (exact) mass is 539 g/mol. The van der Waals surface area contributed by atoms with Gasteiger partial charge in [0.05, 0.1) is 22.2 Å². The molecule has 0 fully saturated rings. The van der Waals surface area contributed by atoms with Gasteiger partial charge in [-0.15, -0.1) is 0 Å². The van der Waals surface area contributed by atoms with Gasteiger partial charge in [-0.05, 0) is 42.5 Å². The second-order valence-corrected chi connectivity index (χ2v) is 10.6. The molecule has 9 rings (SSSR count). The summed E-state index contributed by atoms with van der Waals surface area (Å²) in [7, 11) is 0. The predicted octanol–water partition coefficient (Wildman–Crippen LogP) is 8.86. The fourth-order valence-electron chi connectivity index (χ4n) is 6.54. The Bertz CT molecular complexity index is 2400. The molecular formula is C37H25N5. The van der Waals surface area contributed by atoms with Crippen LogP contribution in [-0.4, -0.2) is 23.3 Å². The number of nitrogens with zero attached hydrogens (tertiary/aromatic N) is 5. The van der Waals surface area contributed by atoms with Gasteiger partial charge in [0.15, 0.2) is 0 Å². The van der Waals surface area contributed by atoms with E-state index in [-0.39, 0.29) is 0 Å². The Balaban J connectivity index is 1.47. The third-order valence-electron chi connectivity index (χ3n) is 8.30. The molecule has 0 aliphatic rings. The van der Waals surface area contributed by atoms with Gasteiger partial charge < -0.3 is 4.57 Å². The molecule has 0 aliphatic heterocycles. The normalized spacial score (nSPS) is 11.8. The van der Waals surface area contributed by atoms with Gasteiger partial charge in [0.2, 0.25) is 5.95 Å². The minimum atomic E-state index is 0.850. The number of hydrogen-bond donors (Lipinski definition) is 0. The zero-order chi connectivity index (χ0) is 27.6. The van der Waals surface area contributed by atoms with Gasteiger partial charge in [-0.3, -0.25) is 13.7 Å². The van der Waals surface area contributed by atoms with Crippen LogP contribution in [0.2, 0.25) is 0 Å². The summed E-state index contributed by atoms with van der Waals surface area (Å²) < 4.78 is 9.22. The molecule has 9 aromatic rings. The van der Waals surface area contributed by atoms with E-state index in [2.05, 4.69) is 152 Å². The number of hydrogen-bond acceptors (Lipinski definition) is 1. The molecule has 0 aliphatic carbocycles. The molecule has 4 heterocycles. The van der Waals surface area contributed by atoms with Crippen LogP contribution in [0.3, 0.4) is 0 Å². The molecule has 0 amide bonds. The predicted molar refractivity (Wildman–Crippen MR) is 172 cm³/mol. The number of rotatable bonds is 4. The van der Waals surface area contributed by atoms with Crippen molar-refractivity contribution >= 4 is 43.7 Å². The SMILES string of the molecule is c1ccc(-n2ccnc2-n2c3ccccc3c3c4ccccc4n(-c4cn(-c5ccccc5)c5ccccc45)c32)cc1. The zero-order valence-electron chi connectivity index (χ0n) is 22.7. The molecular weight excluding hydrogens is 514 g/mol. The molecule has 0 N–H and O–H groups in total. The lowest BCUT2D eigenvalue weighted by atomic mass is 10.1. The quantitative estimate of drug-likeness (QED) is 0.220. The fourth-order valence-corrected chi connectivity index (χ4v) is 6.54. The summed E-state index contributed by atoms with van der Waals surface area (Å²) in [4.78, 5) is 4.96. The number of imidazole rings is 1. The van der Waals surface area contributed by atoms with Crippen molar-refractivity contribution < 1.29 is 0 Å². The van der Waals surface area contributed by atoms with E-state index in [1.54, 1.807) is 0 Å². The largest absolute Gasteiger partial charge is 0.314 e. The van der Waals surface area contributed by atoms with Crippen molar-refractivity contribution in [2.75, 3.05) is 0 Å². The number of fused-ring (bicyclic) bond motifs is 6. The molecule has 0 unspecified atom stereocenters. The fraction of sp³-hybridized carbons (Fsp3) is 0. The maximum Gasteiger partial charge on any atom is 0.220 e. The zero-order valence-corrected chi connectivity index (χ0v) is 22.7. The number of para-hydroxylation sites is 5. The number of aromatic nitrogens is 5. The molecule has 5 nitrogen and oxygen atoms in total. The molecule has 4 aromatic heterocycles. The number of benzene rings is 5. The summed E-state index contributed by atoms with van der Waals surface area (Å²) >= 11 is 0. The summed E-state index contributed by atoms with van der Waals surface area (Å²) in [5, 5.41) is 4.83. The average Bonchev–Trinajstić information content (AvgIpc) is 3.83. The molecule has 0 bridgehead atoms. The second kappa shape index (κ2) is 8.85. The van der Waals surface area contributed by atoms with Crippen molar-refractivity contribution in [1.29, 1.82) is 0 Å². The van der Waals surface area contributed by atoms with Gasteiger partial charge >= 0.3 is 0 Å². The minimum absolute atomic E-state index is 0.850. The summed E-state index contributed by atoms with van der Waals surface area (Å²) in [6.07, 6.45) is 6.20. The summed E-state index contributed by atoms with van der Waals surface area (Å²) in [5.74, 6) is 0.850. The lowest BCUT2D eigenvalue weighted by Crippen LogP contribution is -2.07. The van der Waals surface area contributed by atoms with E-state index in [0.29, 0.717) is 0 Å². The Hall–Kier alpha value is -5.81. The van der Waals surface area contributed by atoms with Crippen molar-refractivity contribution in [3.8, 4) is 23.0 Å². The third kappa shape index (κ3) is 3.16. The lowest BCUT2D eigenvalue weighted by Gasteiger charge is -2.14. The molecule has 0 spiro atoms. The van der Waals surface area contributed by atoms with E-state index in [9.17, 15) is 0 Å². The Labute approximate surface area is 241 Å². The summed E-state index contributed by atoms with van der Waals surface area (Å²) in [6, 6.07) is 47.1. The first-order valence-electron chi connectivity index (χ1n) is 14.2. The Morgan fingerprint density at radius 1 is 0.452 bits per heavy atom. The van der Waals surface area contributed by atoms with Gasteiger partial charge in [-0.1, -0.05) is 91.0 Å².